The smallest absolute Gasteiger partial charge is 0.319 e. The van der Waals surface area contributed by atoms with Gasteiger partial charge in [-0.05, 0) is 31.5 Å². The quantitative estimate of drug-likeness (QED) is 0.677. The number of hydrogen-bond donors (Lipinski definition) is 3. The van der Waals surface area contributed by atoms with Crippen LogP contribution in [0.25, 0.3) is 0 Å². The van der Waals surface area contributed by atoms with E-state index in [2.05, 4.69) is 10.6 Å². The highest BCUT2D eigenvalue weighted by Gasteiger charge is 2.03. The highest BCUT2D eigenvalue weighted by atomic mass is 16.5. The summed E-state index contributed by atoms with van der Waals surface area (Å²) in [7, 11) is 0. The second-order valence-electron chi connectivity index (χ2n) is 3.88. The summed E-state index contributed by atoms with van der Waals surface area (Å²) >= 11 is 0. The fourth-order valence-electron chi connectivity index (χ4n) is 1.40. The maximum Gasteiger partial charge on any atom is 0.319 e. The lowest BCUT2D eigenvalue weighted by Crippen LogP contribution is -2.31. The Bertz CT molecular complexity index is 363. The topological polar surface area (TPSA) is 70.6 Å². The zero-order valence-corrected chi connectivity index (χ0v) is 10.8. The van der Waals surface area contributed by atoms with E-state index in [0.29, 0.717) is 25.4 Å². The van der Waals surface area contributed by atoms with Crippen LogP contribution < -0.4 is 10.6 Å². The Hall–Kier alpha value is -1.59. The molecule has 0 bridgehead atoms. The summed E-state index contributed by atoms with van der Waals surface area (Å²) in [6.45, 7) is 5.23. The molecule has 0 radical (unpaired) electrons. The minimum atomic E-state index is -0.501. The number of benzene rings is 1. The maximum absolute atomic E-state index is 11.5. The third-order valence-electron chi connectivity index (χ3n) is 2.39. The summed E-state index contributed by atoms with van der Waals surface area (Å²) in [6, 6.07) is 6.80. The second kappa shape index (κ2) is 7.68. The Morgan fingerprint density at radius 2 is 2.06 bits per heavy atom. The first-order chi connectivity index (χ1) is 8.63. The molecule has 1 atom stereocenters. The summed E-state index contributed by atoms with van der Waals surface area (Å²) in [5, 5.41) is 14.7. The van der Waals surface area contributed by atoms with Gasteiger partial charge in [0.2, 0.25) is 0 Å². The first kappa shape index (κ1) is 14.5. The molecule has 0 spiro atoms. The van der Waals surface area contributed by atoms with E-state index in [-0.39, 0.29) is 6.03 Å². The first-order valence-electron chi connectivity index (χ1n) is 6.04. The van der Waals surface area contributed by atoms with Crippen molar-refractivity contribution in [2.75, 3.05) is 25.1 Å². The molecule has 18 heavy (non-hydrogen) atoms. The van der Waals surface area contributed by atoms with Crippen molar-refractivity contribution in [2.24, 2.45) is 0 Å². The predicted octanol–water partition coefficient (Wildman–Crippen LogP) is 1.90. The van der Waals surface area contributed by atoms with Crippen molar-refractivity contribution < 1.29 is 14.6 Å². The molecule has 5 nitrogen and oxygen atoms in total. The van der Waals surface area contributed by atoms with Gasteiger partial charge in [0.1, 0.15) is 0 Å². The minimum Gasteiger partial charge on any atom is -0.389 e. The number of carbonyl (C=O) groups is 1. The molecule has 0 aliphatic carbocycles. The number of ether oxygens (including phenoxy) is 1. The molecular weight excluding hydrogens is 232 g/mol. The molecular formula is C13H20N2O3. The van der Waals surface area contributed by atoms with E-state index in [1.165, 1.54) is 0 Å². The number of aliphatic hydroxyl groups excluding tert-OH is 1. The molecule has 0 fully saturated rings. The number of rotatable bonds is 6. The van der Waals surface area contributed by atoms with Gasteiger partial charge in [-0.1, -0.05) is 12.1 Å². The molecule has 2 amide bonds. The number of aliphatic hydroxyl groups is 1. The van der Waals surface area contributed by atoms with Crippen molar-refractivity contribution in [1.29, 1.82) is 0 Å². The highest BCUT2D eigenvalue weighted by Crippen LogP contribution is 2.15. The van der Waals surface area contributed by atoms with Crippen LogP contribution in [-0.4, -0.2) is 30.9 Å². The number of urea groups is 1. The predicted molar refractivity (Wildman–Crippen MR) is 70.6 cm³/mol. The van der Waals surface area contributed by atoms with Crippen LogP contribution >= 0.6 is 0 Å². The summed E-state index contributed by atoms with van der Waals surface area (Å²) in [6.07, 6.45) is -0.501. The van der Waals surface area contributed by atoms with Crippen LogP contribution in [0.2, 0.25) is 0 Å². The van der Waals surface area contributed by atoms with Crippen LogP contribution in [0, 0.1) is 0 Å². The Balaban J connectivity index is 2.35. The van der Waals surface area contributed by atoms with E-state index < -0.39 is 6.10 Å². The molecule has 0 saturated carbocycles. The summed E-state index contributed by atoms with van der Waals surface area (Å²) in [5.41, 5.74) is 1.51. The lowest BCUT2D eigenvalue weighted by atomic mass is 10.1. The van der Waals surface area contributed by atoms with E-state index in [9.17, 15) is 9.90 Å². The van der Waals surface area contributed by atoms with E-state index in [0.717, 1.165) is 5.56 Å². The van der Waals surface area contributed by atoms with Crippen molar-refractivity contribution in [3.8, 4) is 0 Å². The molecule has 0 heterocycles. The molecule has 1 unspecified atom stereocenters. The molecule has 3 N–H and O–H groups in total. The van der Waals surface area contributed by atoms with Gasteiger partial charge in [0.25, 0.3) is 0 Å². The normalized spacial score (nSPS) is 11.9. The van der Waals surface area contributed by atoms with Gasteiger partial charge in [-0.15, -0.1) is 0 Å². The number of amides is 2. The molecule has 0 aliphatic heterocycles. The third kappa shape index (κ3) is 5.16. The average Bonchev–Trinajstić information content (AvgIpc) is 2.35. The molecule has 1 aromatic rings. The van der Waals surface area contributed by atoms with E-state index in [4.69, 9.17) is 4.74 Å². The summed E-state index contributed by atoms with van der Waals surface area (Å²) < 4.78 is 5.11. The molecule has 5 heteroatoms. The summed E-state index contributed by atoms with van der Waals surface area (Å²) in [4.78, 5) is 11.5. The zero-order valence-electron chi connectivity index (χ0n) is 10.8. The van der Waals surface area contributed by atoms with E-state index in [1.54, 1.807) is 31.2 Å². The van der Waals surface area contributed by atoms with E-state index >= 15 is 0 Å². The Labute approximate surface area is 107 Å². The third-order valence-corrected chi connectivity index (χ3v) is 2.39. The van der Waals surface area contributed by atoms with Crippen LogP contribution in [0.3, 0.4) is 0 Å². The van der Waals surface area contributed by atoms with Gasteiger partial charge in [-0.3, -0.25) is 0 Å². The largest absolute Gasteiger partial charge is 0.389 e. The van der Waals surface area contributed by atoms with Crippen LogP contribution in [0.15, 0.2) is 24.3 Å². The lowest BCUT2D eigenvalue weighted by Gasteiger charge is -2.09. The van der Waals surface area contributed by atoms with Gasteiger partial charge in [-0.2, -0.15) is 0 Å². The van der Waals surface area contributed by atoms with Crippen molar-refractivity contribution in [3.05, 3.63) is 29.8 Å². The molecule has 0 saturated heterocycles. The Morgan fingerprint density at radius 3 is 2.61 bits per heavy atom. The van der Waals surface area contributed by atoms with Gasteiger partial charge in [0, 0.05) is 18.8 Å². The molecule has 0 aliphatic rings. The molecule has 0 aromatic heterocycles. The number of anilines is 1. The molecule has 1 rings (SSSR count). The second-order valence-corrected chi connectivity index (χ2v) is 3.88. The maximum atomic E-state index is 11.5. The van der Waals surface area contributed by atoms with Crippen molar-refractivity contribution in [3.63, 3.8) is 0 Å². The fourth-order valence-corrected chi connectivity index (χ4v) is 1.40. The van der Waals surface area contributed by atoms with Crippen molar-refractivity contribution in [2.45, 2.75) is 20.0 Å². The van der Waals surface area contributed by atoms with Gasteiger partial charge in [-0.25, -0.2) is 4.79 Å². The monoisotopic (exact) mass is 252 g/mol. The lowest BCUT2D eigenvalue weighted by molar-refractivity contribution is 0.150. The first-order valence-corrected chi connectivity index (χ1v) is 6.04. The average molecular weight is 252 g/mol. The van der Waals surface area contributed by atoms with Crippen LogP contribution in [0.4, 0.5) is 10.5 Å². The van der Waals surface area contributed by atoms with Gasteiger partial charge >= 0.3 is 6.03 Å². The standard InChI is InChI=1S/C13H20N2O3/c1-3-18-9-8-14-13(17)15-12-6-4-11(5-7-12)10(2)16/h4-7,10,16H,3,8-9H2,1-2H3,(H2,14,15,17). The Kier molecular flexibility index (Phi) is 6.18. The Morgan fingerprint density at radius 1 is 1.39 bits per heavy atom. The van der Waals surface area contributed by atoms with Crippen LogP contribution in [0.5, 0.6) is 0 Å². The van der Waals surface area contributed by atoms with Crippen molar-refractivity contribution in [1.82, 2.24) is 5.32 Å². The molecule has 100 valence electrons. The molecule has 1 aromatic carbocycles. The van der Waals surface area contributed by atoms with Gasteiger partial charge in [0.05, 0.1) is 12.7 Å². The van der Waals surface area contributed by atoms with Crippen molar-refractivity contribution >= 4 is 11.7 Å². The number of carbonyl (C=O) groups excluding carboxylic acids is 1. The minimum absolute atomic E-state index is 0.264. The SMILES string of the molecule is CCOCCNC(=O)Nc1ccc(C(C)O)cc1. The van der Waals surface area contributed by atoms with Gasteiger partial charge in [0.15, 0.2) is 0 Å². The van der Waals surface area contributed by atoms with Crippen LogP contribution in [0.1, 0.15) is 25.5 Å². The summed E-state index contributed by atoms with van der Waals surface area (Å²) in [5.74, 6) is 0. The highest BCUT2D eigenvalue weighted by molar-refractivity contribution is 5.89. The zero-order chi connectivity index (χ0) is 13.4. The number of hydrogen-bond acceptors (Lipinski definition) is 3. The fraction of sp³-hybridized carbons (Fsp3) is 0.462. The van der Waals surface area contributed by atoms with Gasteiger partial charge < -0.3 is 20.5 Å². The number of nitrogens with one attached hydrogen (secondary N) is 2. The van der Waals surface area contributed by atoms with E-state index in [1.807, 2.05) is 6.92 Å². The van der Waals surface area contributed by atoms with Crippen LogP contribution in [-0.2, 0) is 4.74 Å².